The van der Waals surface area contributed by atoms with Crippen LogP contribution in [0.2, 0.25) is 0 Å². The number of rotatable bonds is 5. The number of nitriles is 1. The van der Waals surface area contributed by atoms with Gasteiger partial charge < -0.3 is 4.74 Å². The van der Waals surface area contributed by atoms with Gasteiger partial charge in [0, 0.05) is 25.7 Å². The lowest BCUT2D eigenvalue weighted by Gasteiger charge is -2.36. The van der Waals surface area contributed by atoms with E-state index in [9.17, 15) is 13.7 Å². The summed E-state index contributed by atoms with van der Waals surface area (Å²) in [5, 5.41) is 9.27. The Morgan fingerprint density at radius 3 is 2.68 bits per heavy atom. The van der Waals surface area contributed by atoms with Gasteiger partial charge in [-0.1, -0.05) is 18.6 Å². The zero-order valence-corrected chi connectivity index (χ0v) is 15.2. The minimum atomic E-state index is -3.64. The Morgan fingerprint density at radius 1 is 1.16 bits per heavy atom. The van der Waals surface area contributed by atoms with Crippen LogP contribution >= 0.6 is 0 Å². The lowest BCUT2D eigenvalue weighted by Crippen LogP contribution is -2.46. The lowest BCUT2D eigenvalue weighted by atomic mass is 10.0. The first-order valence-corrected chi connectivity index (χ1v) is 10.4. The van der Waals surface area contributed by atoms with Gasteiger partial charge in [-0.2, -0.15) is 9.57 Å². The molecule has 2 heterocycles. The summed E-state index contributed by atoms with van der Waals surface area (Å²) >= 11 is 0. The number of piperidine rings is 1. The average Bonchev–Trinajstić information content (AvgIpc) is 2.67. The minimum absolute atomic E-state index is 0.00773. The molecule has 6 nitrogen and oxygen atoms in total. The predicted molar refractivity (Wildman–Crippen MR) is 94.6 cm³/mol. The van der Waals surface area contributed by atoms with Crippen LogP contribution in [0.25, 0.3) is 0 Å². The van der Waals surface area contributed by atoms with Crippen LogP contribution < -0.4 is 0 Å². The summed E-state index contributed by atoms with van der Waals surface area (Å²) in [5.74, 6) is 0. The SMILES string of the molecule is N#Cc1ccccc1S(=O)(=O)N1CCCC[C@H]1CCN1CCOCC1. The van der Waals surface area contributed by atoms with Crippen LogP contribution in [0.1, 0.15) is 31.2 Å². The summed E-state index contributed by atoms with van der Waals surface area (Å²) in [6, 6.07) is 8.51. The number of nitrogens with zero attached hydrogens (tertiary/aromatic N) is 3. The molecule has 0 spiro atoms. The molecular weight excluding hydrogens is 338 g/mol. The van der Waals surface area contributed by atoms with Gasteiger partial charge in [0.15, 0.2) is 0 Å². The first-order valence-electron chi connectivity index (χ1n) is 8.94. The first-order chi connectivity index (χ1) is 12.1. The van der Waals surface area contributed by atoms with Crippen molar-refractivity contribution >= 4 is 10.0 Å². The van der Waals surface area contributed by atoms with Crippen LogP contribution in [0, 0.1) is 11.3 Å². The van der Waals surface area contributed by atoms with Gasteiger partial charge in [0.25, 0.3) is 0 Å². The van der Waals surface area contributed by atoms with E-state index in [2.05, 4.69) is 4.90 Å². The van der Waals surface area contributed by atoms with Gasteiger partial charge in [0.2, 0.25) is 10.0 Å². The van der Waals surface area contributed by atoms with E-state index < -0.39 is 10.0 Å². The minimum Gasteiger partial charge on any atom is -0.379 e. The standard InChI is InChI=1S/C18H25N3O3S/c19-15-16-5-1-2-7-18(16)25(22,23)21-9-4-3-6-17(21)8-10-20-11-13-24-14-12-20/h1-2,5,7,17H,3-4,6,8-14H2/t17-/m0/s1. The molecule has 0 radical (unpaired) electrons. The summed E-state index contributed by atoms with van der Waals surface area (Å²) in [6.45, 7) is 4.76. The van der Waals surface area contributed by atoms with E-state index >= 15 is 0 Å². The van der Waals surface area contributed by atoms with Crippen LogP contribution in [0.3, 0.4) is 0 Å². The van der Waals surface area contributed by atoms with Crippen molar-refractivity contribution in [3.63, 3.8) is 0 Å². The van der Waals surface area contributed by atoms with Crippen molar-refractivity contribution in [1.29, 1.82) is 5.26 Å². The van der Waals surface area contributed by atoms with Crippen molar-refractivity contribution in [3.8, 4) is 6.07 Å². The van der Waals surface area contributed by atoms with Crippen LogP contribution in [0.4, 0.5) is 0 Å². The number of hydrogen-bond acceptors (Lipinski definition) is 5. The molecule has 1 atom stereocenters. The van der Waals surface area contributed by atoms with Crippen LogP contribution in [-0.4, -0.2) is 63.1 Å². The summed E-state index contributed by atoms with van der Waals surface area (Å²) in [6.07, 6.45) is 3.65. The topological polar surface area (TPSA) is 73.6 Å². The Morgan fingerprint density at radius 2 is 1.92 bits per heavy atom. The Labute approximate surface area is 150 Å². The molecule has 0 N–H and O–H groups in total. The second-order valence-electron chi connectivity index (χ2n) is 6.62. The highest BCUT2D eigenvalue weighted by atomic mass is 32.2. The van der Waals surface area contributed by atoms with Crippen LogP contribution in [0.15, 0.2) is 29.2 Å². The molecule has 1 aromatic rings. The van der Waals surface area contributed by atoms with E-state index in [0.717, 1.165) is 58.5 Å². The fraction of sp³-hybridized carbons (Fsp3) is 0.611. The Balaban J connectivity index is 1.76. The second-order valence-corrected chi connectivity index (χ2v) is 8.47. The molecule has 3 rings (SSSR count). The number of sulfonamides is 1. The molecule has 2 saturated heterocycles. The first kappa shape index (κ1) is 18.3. The fourth-order valence-corrected chi connectivity index (χ4v) is 5.51. The summed E-state index contributed by atoms with van der Waals surface area (Å²) < 4.78 is 33.3. The van der Waals surface area contributed by atoms with Crippen molar-refractivity contribution in [1.82, 2.24) is 9.21 Å². The number of benzene rings is 1. The summed E-state index contributed by atoms with van der Waals surface area (Å²) in [7, 11) is -3.64. The molecule has 2 fully saturated rings. The predicted octanol–water partition coefficient (Wildman–Crippen LogP) is 1.82. The number of hydrogen-bond donors (Lipinski definition) is 0. The fourth-order valence-electron chi connectivity index (χ4n) is 3.65. The van der Waals surface area contributed by atoms with Crippen LogP contribution in [-0.2, 0) is 14.8 Å². The van der Waals surface area contributed by atoms with Crippen molar-refractivity contribution in [2.24, 2.45) is 0 Å². The van der Waals surface area contributed by atoms with E-state index in [1.807, 2.05) is 6.07 Å². The molecule has 0 aliphatic carbocycles. The zero-order chi connectivity index (χ0) is 17.7. The maximum atomic E-state index is 13.2. The van der Waals surface area contributed by atoms with Gasteiger partial charge in [0.05, 0.1) is 23.7 Å². The molecule has 0 saturated carbocycles. The molecule has 136 valence electrons. The Kier molecular flexibility index (Phi) is 6.07. The summed E-state index contributed by atoms with van der Waals surface area (Å²) in [5.41, 5.74) is 0.222. The molecule has 0 aromatic heterocycles. The lowest BCUT2D eigenvalue weighted by molar-refractivity contribution is 0.0340. The molecule has 0 amide bonds. The molecular formula is C18H25N3O3S. The van der Waals surface area contributed by atoms with Crippen molar-refractivity contribution in [2.75, 3.05) is 39.4 Å². The molecule has 1 aromatic carbocycles. The highest BCUT2D eigenvalue weighted by Crippen LogP contribution is 2.28. The third-order valence-corrected chi connectivity index (χ3v) is 7.06. The Bertz CT molecular complexity index is 723. The van der Waals surface area contributed by atoms with Gasteiger partial charge in [-0.25, -0.2) is 8.42 Å². The normalized spacial score (nSPS) is 23.2. The van der Waals surface area contributed by atoms with Crippen LogP contribution in [0.5, 0.6) is 0 Å². The smallest absolute Gasteiger partial charge is 0.244 e. The average molecular weight is 363 g/mol. The molecule has 2 aliphatic rings. The maximum Gasteiger partial charge on any atom is 0.244 e. The second kappa shape index (κ2) is 8.28. The van der Waals surface area contributed by atoms with Gasteiger partial charge in [-0.3, -0.25) is 4.90 Å². The monoisotopic (exact) mass is 363 g/mol. The van der Waals surface area contributed by atoms with Crippen molar-refractivity contribution in [3.05, 3.63) is 29.8 Å². The van der Waals surface area contributed by atoms with Crippen molar-refractivity contribution < 1.29 is 13.2 Å². The van der Waals surface area contributed by atoms with E-state index in [-0.39, 0.29) is 16.5 Å². The third kappa shape index (κ3) is 4.21. The highest BCUT2D eigenvalue weighted by molar-refractivity contribution is 7.89. The molecule has 25 heavy (non-hydrogen) atoms. The van der Waals surface area contributed by atoms with Gasteiger partial charge in [-0.15, -0.1) is 0 Å². The highest BCUT2D eigenvalue weighted by Gasteiger charge is 2.34. The largest absolute Gasteiger partial charge is 0.379 e. The number of morpholine rings is 1. The maximum absolute atomic E-state index is 13.2. The van der Waals surface area contributed by atoms with E-state index in [4.69, 9.17) is 4.74 Å². The molecule has 0 bridgehead atoms. The van der Waals surface area contributed by atoms with Gasteiger partial charge in [-0.05, 0) is 37.9 Å². The van der Waals surface area contributed by atoms with E-state index in [0.29, 0.717) is 6.54 Å². The summed E-state index contributed by atoms with van der Waals surface area (Å²) in [4.78, 5) is 2.47. The van der Waals surface area contributed by atoms with Crippen molar-refractivity contribution in [2.45, 2.75) is 36.6 Å². The zero-order valence-electron chi connectivity index (χ0n) is 14.4. The van der Waals surface area contributed by atoms with Gasteiger partial charge in [0.1, 0.15) is 6.07 Å². The van der Waals surface area contributed by atoms with E-state index in [1.165, 1.54) is 0 Å². The molecule has 2 aliphatic heterocycles. The van der Waals surface area contributed by atoms with Gasteiger partial charge >= 0.3 is 0 Å². The molecule has 0 unspecified atom stereocenters. The molecule has 7 heteroatoms. The Hall–Kier alpha value is -1.46. The quantitative estimate of drug-likeness (QED) is 0.798. The third-order valence-electron chi connectivity index (χ3n) is 5.05. The number of ether oxygens (including phenoxy) is 1. The van der Waals surface area contributed by atoms with E-state index in [1.54, 1.807) is 28.6 Å².